The summed E-state index contributed by atoms with van der Waals surface area (Å²) < 4.78 is 0. The average Bonchev–Trinajstić information content (AvgIpc) is 2.27. The normalized spacial score (nSPS) is 9.61. The number of rotatable bonds is 5. The maximum Gasteiger partial charge on any atom is 0.305 e. The van der Waals surface area contributed by atoms with Crippen LogP contribution >= 0.6 is 0 Å². The van der Waals surface area contributed by atoms with E-state index >= 15 is 0 Å². The summed E-state index contributed by atoms with van der Waals surface area (Å²) in [5, 5.41) is 13.3. The molecule has 0 aromatic carbocycles. The minimum Gasteiger partial charge on any atom is -0.481 e. The number of carboxylic acids is 1. The third kappa shape index (κ3) is 4.60. The topological polar surface area (TPSA) is 108 Å². The maximum atomic E-state index is 11.6. The molecule has 0 saturated heterocycles. The molecule has 0 bridgehead atoms. The minimum atomic E-state index is -0.982. The summed E-state index contributed by atoms with van der Waals surface area (Å²) in [6, 6.07) is 2.89. The van der Waals surface area contributed by atoms with E-state index in [4.69, 9.17) is 5.11 Å². The summed E-state index contributed by atoms with van der Waals surface area (Å²) >= 11 is 0. The fourth-order valence-corrected chi connectivity index (χ4v) is 1.21. The number of aromatic nitrogens is 1. The van der Waals surface area contributed by atoms with Crippen LogP contribution < -0.4 is 10.6 Å². The van der Waals surface area contributed by atoms with Gasteiger partial charge in [0.05, 0.1) is 6.42 Å². The van der Waals surface area contributed by atoms with Gasteiger partial charge in [0.2, 0.25) is 5.91 Å². The van der Waals surface area contributed by atoms with Gasteiger partial charge in [0.1, 0.15) is 5.82 Å². The van der Waals surface area contributed by atoms with Gasteiger partial charge < -0.3 is 15.7 Å². The highest BCUT2D eigenvalue weighted by atomic mass is 16.4. The predicted molar refractivity (Wildman–Crippen MR) is 63.1 cm³/mol. The molecule has 7 heteroatoms. The molecule has 0 radical (unpaired) electrons. The molecule has 1 aromatic heterocycles. The number of pyridine rings is 1. The van der Waals surface area contributed by atoms with Crippen LogP contribution in [0.2, 0.25) is 0 Å². The van der Waals surface area contributed by atoms with Crippen molar-refractivity contribution in [3.05, 3.63) is 23.9 Å². The first-order valence-electron chi connectivity index (χ1n) is 5.22. The van der Waals surface area contributed by atoms with Gasteiger partial charge in [0, 0.05) is 25.2 Å². The molecule has 96 valence electrons. The molecule has 1 heterocycles. The number of anilines is 1. The van der Waals surface area contributed by atoms with Crippen LogP contribution in [-0.2, 0) is 9.59 Å². The molecule has 18 heavy (non-hydrogen) atoms. The van der Waals surface area contributed by atoms with Gasteiger partial charge in [-0.05, 0) is 12.1 Å². The number of amides is 2. The third-order valence-electron chi connectivity index (χ3n) is 1.95. The number of nitrogens with zero attached hydrogens (tertiary/aromatic N) is 1. The Bertz CT molecular complexity index is 473. The molecular formula is C11H13N3O4. The second-order valence-electron chi connectivity index (χ2n) is 3.51. The Morgan fingerprint density at radius 3 is 2.72 bits per heavy atom. The highest BCUT2D eigenvalue weighted by Crippen LogP contribution is 2.06. The molecule has 7 nitrogen and oxygen atoms in total. The second-order valence-corrected chi connectivity index (χ2v) is 3.51. The molecule has 1 rings (SSSR count). The monoisotopic (exact) mass is 251 g/mol. The molecule has 0 unspecified atom stereocenters. The summed E-state index contributed by atoms with van der Waals surface area (Å²) in [4.78, 5) is 36.6. The molecule has 0 aliphatic heterocycles. The SMILES string of the molecule is CC(=O)Nc1cc(C(=O)NCCC(=O)O)ccn1. The summed E-state index contributed by atoms with van der Waals surface area (Å²) in [6.45, 7) is 1.38. The molecule has 0 saturated carbocycles. The van der Waals surface area contributed by atoms with Crippen molar-refractivity contribution >= 4 is 23.6 Å². The van der Waals surface area contributed by atoms with E-state index in [1.54, 1.807) is 0 Å². The van der Waals surface area contributed by atoms with Crippen LogP contribution in [0.15, 0.2) is 18.3 Å². The maximum absolute atomic E-state index is 11.6. The Morgan fingerprint density at radius 1 is 1.39 bits per heavy atom. The van der Waals surface area contributed by atoms with Crippen LogP contribution in [-0.4, -0.2) is 34.4 Å². The first-order valence-corrected chi connectivity index (χ1v) is 5.22. The molecule has 2 amide bonds. The zero-order valence-corrected chi connectivity index (χ0v) is 9.77. The van der Waals surface area contributed by atoms with Gasteiger partial charge in [-0.3, -0.25) is 14.4 Å². The van der Waals surface area contributed by atoms with E-state index in [2.05, 4.69) is 15.6 Å². The zero-order valence-electron chi connectivity index (χ0n) is 9.77. The predicted octanol–water partition coefficient (Wildman–Crippen LogP) is 0.244. The van der Waals surface area contributed by atoms with Gasteiger partial charge in [-0.2, -0.15) is 0 Å². The summed E-state index contributed by atoms with van der Waals surface area (Å²) in [5.41, 5.74) is 0.305. The quantitative estimate of drug-likeness (QED) is 0.694. The van der Waals surface area contributed by atoms with Gasteiger partial charge >= 0.3 is 5.97 Å². The number of hydrogen-bond acceptors (Lipinski definition) is 4. The average molecular weight is 251 g/mol. The van der Waals surface area contributed by atoms with Crippen LogP contribution in [0.3, 0.4) is 0 Å². The summed E-state index contributed by atoms with van der Waals surface area (Å²) in [5.74, 6) is -1.41. The van der Waals surface area contributed by atoms with E-state index in [9.17, 15) is 14.4 Å². The summed E-state index contributed by atoms with van der Waals surface area (Å²) in [6.07, 6.45) is 1.24. The smallest absolute Gasteiger partial charge is 0.305 e. The van der Waals surface area contributed by atoms with Crippen LogP contribution in [0.1, 0.15) is 23.7 Å². The number of carbonyl (C=O) groups is 3. The molecule has 0 aliphatic carbocycles. The van der Waals surface area contributed by atoms with Crippen molar-refractivity contribution in [3.63, 3.8) is 0 Å². The lowest BCUT2D eigenvalue weighted by molar-refractivity contribution is -0.136. The third-order valence-corrected chi connectivity index (χ3v) is 1.95. The van der Waals surface area contributed by atoms with Gasteiger partial charge in [0.15, 0.2) is 0 Å². The van der Waals surface area contributed by atoms with E-state index < -0.39 is 11.9 Å². The van der Waals surface area contributed by atoms with Crippen molar-refractivity contribution in [2.24, 2.45) is 0 Å². The standard InChI is InChI=1S/C11H13N3O4/c1-7(15)14-9-6-8(2-4-12-9)11(18)13-5-3-10(16)17/h2,4,6H,3,5H2,1H3,(H,13,18)(H,16,17)(H,12,14,15). The van der Waals surface area contributed by atoms with E-state index in [1.807, 2.05) is 0 Å². The Balaban J connectivity index is 2.62. The number of hydrogen-bond donors (Lipinski definition) is 3. The summed E-state index contributed by atoms with van der Waals surface area (Å²) in [7, 11) is 0. The fourth-order valence-electron chi connectivity index (χ4n) is 1.21. The lowest BCUT2D eigenvalue weighted by Gasteiger charge is -2.05. The lowest BCUT2D eigenvalue weighted by Crippen LogP contribution is -2.26. The molecule has 0 aliphatic rings. The molecule has 3 N–H and O–H groups in total. The fraction of sp³-hybridized carbons (Fsp3) is 0.273. The van der Waals surface area contributed by atoms with E-state index in [0.717, 1.165) is 0 Å². The van der Waals surface area contributed by atoms with Crippen LogP contribution in [0.4, 0.5) is 5.82 Å². The van der Waals surface area contributed by atoms with Crippen molar-refractivity contribution in [2.45, 2.75) is 13.3 Å². The number of aliphatic carboxylic acids is 1. The van der Waals surface area contributed by atoms with Crippen molar-refractivity contribution in [1.82, 2.24) is 10.3 Å². The Labute approximate surface area is 103 Å². The van der Waals surface area contributed by atoms with Gasteiger partial charge in [-0.25, -0.2) is 4.98 Å². The number of carboxylic acid groups (broad SMARTS) is 1. The lowest BCUT2D eigenvalue weighted by atomic mass is 10.2. The first kappa shape index (κ1) is 13.6. The Hall–Kier alpha value is -2.44. The van der Waals surface area contributed by atoms with Crippen molar-refractivity contribution in [2.75, 3.05) is 11.9 Å². The largest absolute Gasteiger partial charge is 0.481 e. The molecule has 0 atom stereocenters. The molecule has 0 spiro atoms. The van der Waals surface area contributed by atoms with E-state index in [1.165, 1.54) is 25.3 Å². The Morgan fingerprint density at radius 2 is 2.11 bits per heavy atom. The van der Waals surface area contributed by atoms with E-state index in [0.29, 0.717) is 5.56 Å². The van der Waals surface area contributed by atoms with Crippen molar-refractivity contribution in [1.29, 1.82) is 0 Å². The zero-order chi connectivity index (χ0) is 13.5. The van der Waals surface area contributed by atoms with Gasteiger partial charge in [-0.15, -0.1) is 0 Å². The van der Waals surface area contributed by atoms with Crippen LogP contribution in [0.25, 0.3) is 0 Å². The van der Waals surface area contributed by atoms with E-state index in [-0.39, 0.29) is 24.7 Å². The van der Waals surface area contributed by atoms with Gasteiger partial charge in [-0.1, -0.05) is 0 Å². The Kier molecular flexibility index (Phi) is 4.79. The second kappa shape index (κ2) is 6.33. The minimum absolute atomic E-state index is 0.0476. The first-order chi connectivity index (χ1) is 8.49. The molecule has 1 aromatic rings. The highest BCUT2D eigenvalue weighted by molar-refractivity contribution is 5.96. The van der Waals surface area contributed by atoms with Crippen molar-refractivity contribution in [3.8, 4) is 0 Å². The molecular weight excluding hydrogens is 238 g/mol. The van der Waals surface area contributed by atoms with Crippen LogP contribution in [0.5, 0.6) is 0 Å². The number of nitrogens with one attached hydrogen (secondary N) is 2. The molecule has 0 fully saturated rings. The van der Waals surface area contributed by atoms with Crippen LogP contribution in [0, 0.1) is 0 Å². The highest BCUT2D eigenvalue weighted by Gasteiger charge is 2.07. The van der Waals surface area contributed by atoms with Gasteiger partial charge in [0.25, 0.3) is 5.91 Å². The number of carbonyl (C=O) groups excluding carboxylic acids is 2. The van der Waals surface area contributed by atoms with Crippen molar-refractivity contribution < 1.29 is 19.5 Å².